The van der Waals surface area contributed by atoms with Crippen LogP contribution in [0.3, 0.4) is 0 Å². The molecule has 0 spiro atoms. The highest BCUT2D eigenvalue weighted by atomic mass is 19.1. The average Bonchev–Trinajstić information content (AvgIpc) is 2.37. The van der Waals surface area contributed by atoms with E-state index < -0.39 is 11.7 Å². The van der Waals surface area contributed by atoms with Gasteiger partial charge >= 0.3 is 6.03 Å². The first-order valence-electron chi connectivity index (χ1n) is 5.88. The Morgan fingerprint density at radius 2 is 2.11 bits per heavy atom. The maximum atomic E-state index is 13.8. The van der Waals surface area contributed by atoms with Crippen molar-refractivity contribution < 1.29 is 14.0 Å². The van der Waals surface area contributed by atoms with Crippen LogP contribution in [0.5, 0.6) is 0 Å². The minimum Gasteiger partial charge on any atom is -0.366 e. The van der Waals surface area contributed by atoms with Crippen molar-refractivity contribution >= 4 is 11.9 Å². The van der Waals surface area contributed by atoms with Crippen LogP contribution in [0, 0.1) is 5.82 Å². The summed E-state index contributed by atoms with van der Waals surface area (Å²) in [4.78, 5) is 24.1. The fraction of sp³-hybridized carbons (Fsp3) is 0.333. The Morgan fingerprint density at radius 1 is 1.37 bits per heavy atom. The molecule has 4 N–H and O–H groups in total. The third-order valence-electron chi connectivity index (χ3n) is 3.04. The summed E-state index contributed by atoms with van der Waals surface area (Å²) in [6.45, 7) is 1.15. The van der Waals surface area contributed by atoms with E-state index in [4.69, 9.17) is 11.6 Å². The Hall–Kier alpha value is -2.15. The molecular weight excluding hydrogens is 251 g/mol. The molecule has 3 amide bonds. The standard InChI is InChI=1S/C12H15FN4O2/c13-10-6-8(11(14)18)2-3-9(10)7-16-4-1-5-17(15)12(16)19/h2-3,6H,1,4-5,7,15H2,(H2,14,18). The number of carbonyl (C=O) groups is 2. The minimum atomic E-state index is -0.687. The first kappa shape index (κ1) is 13.3. The number of amides is 3. The first-order valence-corrected chi connectivity index (χ1v) is 5.88. The molecule has 1 heterocycles. The van der Waals surface area contributed by atoms with Crippen LogP contribution in [0.25, 0.3) is 0 Å². The van der Waals surface area contributed by atoms with Gasteiger partial charge in [-0.25, -0.2) is 15.0 Å². The van der Waals surface area contributed by atoms with Crippen LogP contribution < -0.4 is 11.6 Å². The molecule has 6 nitrogen and oxygen atoms in total. The van der Waals surface area contributed by atoms with Gasteiger partial charge in [-0.2, -0.15) is 0 Å². The molecule has 0 aliphatic carbocycles. The van der Waals surface area contributed by atoms with E-state index in [2.05, 4.69) is 0 Å². The van der Waals surface area contributed by atoms with Crippen molar-refractivity contribution in [2.45, 2.75) is 13.0 Å². The molecule has 0 radical (unpaired) electrons. The predicted molar refractivity (Wildman–Crippen MR) is 66.2 cm³/mol. The molecule has 0 bridgehead atoms. The Balaban J connectivity index is 2.15. The van der Waals surface area contributed by atoms with E-state index in [1.54, 1.807) is 0 Å². The lowest BCUT2D eigenvalue weighted by Crippen LogP contribution is -2.52. The van der Waals surface area contributed by atoms with Gasteiger partial charge in [0.1, 0.15) is 5.82 Å². The molecule has 1 aromatic rings. The highest BCUT2D eigenvalue weighted by Crippen LogP contribution is 2.15. The second-order valence-electron chi connectivity index (χ2n) is 4.42. The molecular formula is C12H15FN4O2. The number of nitrogens with two attached hydrogens (primary N) is 2. The maximum absolute atomic E-state index is 13.8. The van der Waals surface area contributed by atoms with E-state index in [0.717, 1.165) is 17.5 Å². The number of hydrazine groups is 1. The number of hydrogen-bond donors (Lipinski definition) is 2. The summed E-state index contributed by atoms with van der Waals surface area (Å²) in [5.41, 5.74) is 5.49. The molecule has 1 fully saturated rings. The van der Waals surface area contributed by atoms with Crippen molar-refractivity contribution in [1.29, 1.82) is 0 Å². The number of benzene rings is 1. The van der Waals surface area contributed by atoms with Gasteiger partial charge in [-0.1, -0.05) is 6.07 Å². The summed E-state index contributed by atoms with van der Waals surface area (Å²) in [6, 6.07) is 3.64. The maximum Gasteiger partial charge on any atom is 0.334 e. The normalized spacial score (nSPS) is 15.8. The molecule has 19 heavy (non-hydrogen) atoms. The number of carbonyl (C=O) groups excluding carboxylic acids is 2. The number of halogens is 1. The second kappa shape index (κ2) is 5.23. The van der Waals surface area contributed by atoms with Gasteiger partial charge in [0.15, 0.2) is 0 Å². The molecule has 0 saturated carbocycles. The number of rotatable bonds is 3. The number of nitrogens with zero attached hydrogens (tertiary/aromatic N) is 2. The molecule has 102 valence electrons. The van der Waals surface area contributed by atoms with Crippen LogP contribution >= 0.6 is 0 Å². The minimum absolute atomic E-state index is 0.103. The van der Waals surface area contributed by atoms with E-state index in [0.29, 0.717) is 18.7 Å². The average molecular weight is 266 g/mol. The fourth-order valence-electron chi connectivity index (χ4n) is 1.99. The number of hydrogen-bond acceptors (Lipinski definition) is 3. The monoisotopic (exact) mass is 266 g/mol. The Kier molecular flexibility index (Phi) is 3.66. The van der Waals surface area contributed by atoms with Gasteiger partial charge in [-0.15, -0.1) is 0 Å². The molecule has 1 saturated heterocycles. The van der Waals surface area contributed by atoms with Gasteiger partial charge in [-0.05, 0) is 18.6 Å². The van der Waals surface area contributed by atoms with Crippen LogP contribution in [0.15, 0.2) is 18.2 Å². The summed E-state index contributed by atoms with van der Waals surface area (Å²) in [7, 11) is 0. The highest BCUT2D eigenvalue weighted by molar-refractivity contribution is 5.92. The SMILES string of the molecule is NC(=O)c1ccc(CN2CCCN(N)C2=O)c(F)c1. The summed E-state index contributed by atoms with van der Waals surface area (Å²) in [5.74, 6) is 4.27. The van der Waals surface area contributed by atoms with Crippen molar-refractivity contribution in [2.75, 3.05) is 13.1 Å². The zero-order chi connectivity index (χ0) is 14.0. The number of primary amides is 1. The zero-order valence-corrected chi connectivity index (χ0v) is 10.3. The van der Waals surface area contributed by atoms with Gasteiger partial charge in [0.2, 0.25) is 5.91 Å². The van der Waals surface area contributed by atoms with Crippen molar-refractivity contribution in [3.05, 3.63) is 35.1 Å². The lowest BCUT2D eigenvalue weighted by Gasteiger charge is -2.32. The second-order valence-corrected chi connectivity index (χ2v) is 4.42. The van der Waals surface area contributed by atoms with Crippen LogP contribution in [0.1, 0.15) is 22.3 Å². The lowest BCUT2D eigenvalue weighted by molar-refractivity contribution is 0.0999. The largest absolute Gasteiger partial charge is 0.366 e. The molecule has 1 aliphatic heterocycles. The molecule has 0 aromatic heterocycles. The highest BCUT2D eigenvalue weighted by Gasteiger charge is 2.24. The lowest BCUT2D eigenvalue weighted by atomic mass is 10.1. The van der Waals surface area contributed by atoms with Gasteiger partial charge < -0.3 is 10.6 Å². The summed E-state index contributed by atoms with van der Waals surface area (Å²) < 4.78 is 13.8. The fourth-order valence-corrected chi connectivity index (χ4v) is 1.99. The quantitative estimate of drug-likeness (QED) is 0.613. The predicted octanol–water partition coefficient (Wildman–Crippen LogP) is 0.426. The Morgan fingerprint density at radius 3 is 2.74 bits per heavy atom. The number of urea groups is 1. The third-order valence-corrected chi connectivity index (χ3v) is 3.04. The van der Waals surface area contributed by atoms with Crippen LogP contribution in [0.4, 0.5) is 9.18 Å². The Labute approximate surface area is 109 Å². The van der Waals surface area contributed by atoms with E-state index in [9.17, 15) is 14.0 Å². The van der Waals surface area contributed by atoms with Crippen molar-refractivity contribution in [3.63, 3.8) is 0 Å². The summed E-state index contributed by atoms with van der Waals surface area (Å²) >= 11 is 0. The van der Waals surface area contributed by atoms with Crippen molar-refractivity contribution in [1.82, 2.24) is 9.91 Å². The van der Waals surface area contributed by atoms with Gasteiger partial charge in [0.25, 0.3) is 0 Å². The molecule has 2 rings (SSSR count). The van der Waals surface area contributed by atoms with Gasteiger partial charge in [0.05, 0.1) is 6.54 Å². The summed E-state index contributed by atoms with van der Waals surface area (Å²) in [6.07, 6.45) is 0.739. The first-order chi connectivity index (χ1) is 8.99. The molecule has 0 atom stereocenters. The molecule has 0 unspecified atom stereocenters. The van der Waals surface area contributed by atoms with Gasteiger partial charge in [-0.3, -0.25) is 9.80 Å². The van der Waals surface area contributed by atoms with Gasteiger partial charge in [0, 0.05) is 24.2 Å². The smallest absolute Gasteiger partial charge is 0.334 e. The third kappa shape index (κ3) is 2.82. The van der Waals surface area contributed by atoms with Crippen molar-refractivity contribution in [3.8, 4) is 0 Å². The van der Waals surface area contributed by atoms with E-state index in [-0.39, 0.29) is 18.1 Å². The van der Waals surface area contributed by atoms with Crippen molar-refractivity contribution in [2.24, 2.45) is 11.6 Å². The molecule has 1 aliphatic rings. The van der Waals surface area contributed by atoms with Crippen LogP contribution in [-0.2, 0) is 6.54 Å². The summed E-state index contributed by atoms with van der Waals surface area (Å²) in [5, 5.41) is 1.11. The van der Waals surface area contributed by atoms with E-state index >= 15 is 0 Å². The van der Waals surface area contributed by atoms with Crippen LogP contribution in [-0.4, -0.2) is 34.9 Å². The zero-order valence-electron chi connectivity index (χ0n) is 10.3. The van der Waals surface area contributed by atoms with Crippen LogP contribution in [0.2, 0.25) is 0 Å². The Bertz CT molecular complexity index is 520. The topological polar surface area (TPSA) is 92.7 Å². The van der Waals surface area contributed by atoms with E-state index in [1.807, 2.05) is 0 Å². The molecule has 7 heteroatoms. The molecule has 1 aromatic carbocycles. The van der Waals surface area contributed by atoms with E-state index in [1.165, 1.54) is 17.0 Å².